The summed E-state index contributed by atoms with van der Waals surface area (Å²) in [5.41, 5.74) is 4.78. The third-order valence-electron chi connectivity index (χ3n) is 4.29. The maximum Gasteiger partial charge on any atom is 0.140 e. The standard InChI is InChI=1S/C18H18N2OS/c1-12-10-18(19-15-8-4-2-6-13(12)15)22-11-16-14-7-3-5-9-17(14)21-20-16/h2,4,6,8,10H,3,5,7,9,11H2,1H3. The van der Waals surface area contributed by atoms with E-state index in [0.29, 0.717) is 0 Å². The zero-order valence-corrected chi connectivity index (χ0v) is 13.4. The summed E-state index contributed by atoms with van der Waals surface area (Å²) in [6.45, 7) is 2.14. The average molecular weight is 310 g/mol. The molecule has 112 valence electrons. The number of fused-ring (bicyclic) bond motifs is 2. The lowest BCUT2D eigenvalue weighted by Gasteiger charge is -2.09. The molecule has 0 saturated heterocycles. The van der Waals surface area contributed by atoms with Crippen molar-refractivity contribution in [3.05, 3.63) is 52.9 Å². The van der Waals surface area contributed by atoms with Gasteiger partial charge in [0.25, 0.3) is 0 Å². The Morgan fingerprint density at radius 1 is 1.18 bits per heavy atom. The molecule has 0 amide bonds. The molecular formula is C18H18N2OS. The van der Waals surface area contributed by atoms with E-state index < -0.39 is 0 Å². The second kappa shape index (κ2) is 5.76. The highest BCUT2D eigenvalue weighted by molar-refractivity contribution is 7.98. The molecule has 1 aliphatic carbocycles. The molecule has 22 heavy (non-hydrogen) atoms. The highest BCUT2D eigenvalue weighted by Crippen LogP contribution is 2.30. The van der Waals surface area contributed by atoms with Crippen LogP contribution in [-0.2, 0) is 18.6 Å². The third kappa shape index (κ3) is 2.52. The first kappa shape index (κ1) is 13.8. The van der Waals surface area contributed by atoms with Crippen LogP contribution < -0.4 is 0 Å². The minimum atomic E-state index is 0.837. The predicted octanol–water partition coefficient (Wildman–Crippen LogP) is 4.70. The van der Waals surface area contributed by atoms with Crippen LogP contribution in [0.15, 0.2) is 39.9 Å². The third-order valence-corrected chi connectivity index (χ3v) is 5.21. The van der Waals surface area contributed by atoms with Crippen LogP contribution in [-0.4, -0.2) is 10.1 Å². The zero-order chi connectivity index (χ0) is 14.9. The summed E-state index contributed by atoms with van der Waals surface area (Å²) in [5, 5.41) is 6.56. The van der Waals surface area contributed by atoms with Gasteiger partial charge in [-0.25, -0.2) is 4.98 Å². The molecule has 3 nitrogen and oxygen atoms in total. The number of rotatable bonds is 3. The quantitative estimate of drug-likeness (QED) is 0.657. The zero-order valence-electron chi connectivity index (χ0n) is 12.6. The summed E-state index contributed by atoms with van der Waals surface area (Å²) in [6.07, 6.45) is 4.62. The van der Waals surface area contributed by atoms with Gasteiger partial charge in [-0.15, -0.1) is 0 Å². The lowest BCUT2D eigenvalue weighted by molar-refractivity contribution is 0.369. The van der Waals surface area contributed by atoms with E-state index in [1.54, 1.807) is 11.8 Å². The van der Waals surface area contributed by atoms with Crippen LogP contribution in [0.3, 0.4) is 0 Å². The van der Waals surface area contributed by atoms with Crippen molar-refractivity contribution in [2.45, 2.75) is 43.4 Å². The van der Waals surface area contributed by atoms with E-state index in [9.17, 15) is 0 Å². The second-order valence-corrected chi connectivity index (χ2v) is 6.82. The van der Waals surface area contributed by atoms with Crippen molar-refractivity contribution >= 4 is 22.7 Å². The van der Waals surface area contributed by atoms with Gasteiger partial charge in [0.15, 0.2) is 0 Å². The largest absolute Gasteiger partial charge is 0.361 e. The molecule has 3 aromatic rings. The summed E-state index contributed by atoms with van der Waals surface area (Å²) in [5.74, 6) is 1.94. The Labute approximate surface area is 134 Å². The van der Waals surface area contributed by atoms with Crippen LogP contribution >= 0.6 is 11.8 Å². The molecule has 0 saturated carbocycles. The Morgan fingerprint density at radius 2 is 2.05 bits per heavy atom. The molecule has 1 aromatic carbocycles. The topological polar surface area (TPSA) is 38.9 Å². The molecule has 0 aliphatic heterocycles. The molecule has 0 atom stereocenters. The predicted molar refractivity (Wildman–Crippen MR) is 89.2 cm³/mol. The summed E-state index contributed by atoms with van der Waals surface area (Å²) >= 11 is 1.75. The summed E-state index contributed by atoms with van der Waals surface area (Å²) < 4.78 is 5.49. The van der Waals surface area contributed by atoms with Crippen LogP contribution in [0.2, 0.25) is 0 Å². The van der Waals surface area contributed by atoms with Crippen LogP contribution in [0.5, 0.6) is 0 Å². The van der Waals surface area contributed by atoms with Gasteiger partial charge in [0.2, 0.25) is 0 Å². The van der Waals surface area contributed by atoms with E-state index in [4.69, 9.17) is 9.51 Å². The van der Waals surface area contributed by atoms with E-state index in [2.05, 4.69) is 36.3 Å². The minimum Gasteiger partial charge on any atom is -0.361 e. The monoisotopic (exact) mass is 310 g/mol. The number of hydrogen-bond donors (Lipinski definition) is 0. The van der Waals surface area contributed by atoms with Gasteiger partial charge in [-0.3, -0.25) is 0 Å². The molecule has 0 spiro atoms. The summed E-state index contributed by atoms with van der Waals surface area (Å²) in [7, 11) is 0. The van der Waals surface area contributed by atoms with Crippen molar-refractivity contribution in [1.29, 1.82) is 0 Å². The number of aryl methyl sites for hydroxylation is 2. The first-order chi connectivity index (χ1) is 10.8. The Bertz CT molecular complexity index is 825. The number of hydrogen-bond acceptors (Lipinski definition) is 4. The lowest BCUT2D eigenvalue weighted by Crippen LogP contribution is -2.01. The Balaban J connectivity index is 1.58. The Kier molecular flexibility index (Phi) is 3.62. The van der Waals surface area contributed by atoms with Gasteiger partial charge in [0.05, 0.1) is 16.2 Å². The average Bonchev–Trinajstić information content (AvgIpc) is 2.96. The van der Waals surface area contributed by atoms with Crippen LogP contribution in [0.1, 0.15) is 35.4 Å². The molecule has 4 rings (SSSR count). The first-order valence-electron chi connectivity index (χ1n) is 7.77. The number of benzene rings is 1. The number of pyridine rings is 1. The van der Waals surface area contributed by atoms with Crippen LogP contribution in [0.4, 0.5) is 0 Å². The number of aromatic nitrogens is 2. The molecule has 1 aliphatic rings. The van der Waals surface area contributed by atoms with Crippen LogP contribution in [0.25, 0.3) is 10.9 Å². The van der Waals surface area contributed by atoms with E-state index in [1.807, 2.05) is 6.07 Å². The van der Waals surface area contributed by atoms with E-state index >= 15 is 0 Å². The summed E-state index contributed by atoms with van der Waals surface area (Å²) in [4.78, 5) is 4.75. The maximum absolute atomic E-state index is 5.49. The van der Waals surface area contributed by atoms with Crippen molar-refractivity contribution in [3.63, 3.8) is 0 Å². The Morgan fingerprint density at radius 3 is 3.00 bits per heavy atom. The highest BCUT2D eigenvalue weighted by atomic mass is 32.2. The van der Waals surface area contributed by atoms with Crippen molar-refractivity contribution in [1.82, 2.24) is 10.1 Å². The molecule has 4 heteroatoms. The van der Waals surface area contributed by atoms with Gasteiger partial charge in [-0.05, 0) is 43.9 Å². The van der Waals surface area contributed by atoms with Crippen molar-refractivity contribution in [2.75, 3.05) is 0 Å². The van der Waals surface area contributed by atoms with E-state index in [0.717, 1.165) is 40.6 Å². The van der Waals surface area contributed by atoms with Crippen molar-refractivity contribution in [3.8, 4) is 0 Å². The molecule has 0 unspecified atom stereocenters. The maximum atomic E-state index is 5.49. The minimum absolute atomic E-state index is 0.837. The second-order valence-electron chi connectivity index (χ2n) is 5.82. The van der Waals surface area contributed by atoms with Crippen LogP contribution in [0, 0.1) is 6.92 Å². The Hall–Kier alpha value is -1.81. The molecule has 0 bridgehead atoms. The van der Waals surface area contributed by atoms with E-state index in [1.165, 1.54) is 29.4 Å². The highest BCUT2D eigenvalue weighted by Gasteiger charge is 2.19. The van der Waals surface area contributed by atoms with Gasteiger partial charge in [-0.2, -0.15) is 0 Å². The van der Waals surface area contributed by atoms with Crippen molar-refractivity contribution < 1.29 is 4.52 Å². The van der Waals surface area contributed by atoms with Crippen molar-refractivity contribution in [2.24, 2.45) is 0 Å². The smallest absolute Gasteiger partial charge is 0.140 e. The molecule has 0 fully saturated rings. The lowest BCUT2D eigenvalue weighted by atomic mass is 9.97. The fraction of sp³-hybridized carbons (Fsp3) is 0.333. The number of nitrogens with zero attached hydrogens (tertiary/aromatic N) is 2. The summed E-state index contributed by atoms with van der Waals surface area (Å²) in [6, 6.07) is 10.5. The molecule has 2 heterocycles. The SMILES string of the molecule is Cc1cc(SCc2noc3c2CCCC3)nc2ccccc12. The molecule has 2 aromatic heterocycles. The van der Waals surface area contributed by atoms with E-state index in [-0.39, 0.29) is 0 Å². The van der Waals surface area contributed by atoms with Gasteiger partial charge in [0, 0.05) is 23.1 Å². The van der Waals surface area contributed by atoms with Gasteiger partial charge < -0.3 is 4.52 Å². The number of thioether (sulfide) groups is 1. The fourth-order valence-corrected chi connectivity index (χ4v) is 4.03. The molecule has 0 N–H and O–H groups in total. The molecule has 0 radical (unpaired) electrons. The number of para-hydroxylation sites is 1. The fourth-order valence-electron chi connectivity index (χ4n) is 3.10. The van der Waals surface area contributed by atoms with Gasteiger partial charge in [-0.1, -0.05) is 35.1 Å². The normalized spacial score (nSPS) is 14.2. The first-order valence-corrected chi connectivity index (χ1v) is 8.75. The molecular weight excluding hydrogens is 292 g/mol. The van der Waals surface area contributed by atoms with Gasteiger partial charge in [0.1, 0.15) is 5.76 Å². The van der Waals surface area contributed by atoms with Gasteiger partial charge >= 0.3 is 0 Å².